The minimum Gasteiger partial charge on any atom is -0.495 e. The minimum atomic E-state index is -0.354. The minimum absolute atomic E-state index is 0.0787. The molecule has 0 radical (unpaired) electrons. The van der Waals surface area contributed by atoms with E-state index in [4.69, 9.17) is 4.74 Å². The summed E-state index contributed by atoms with van der Waals surface area (Å²) in [4.78, 5) is 32.1. The number of H-pyrrole nitrogens is 1. The van der Waals surface area contributed by atoms with Crippen LogP contribution in [0.25, 0.3) is 0 Å². The molecule has 2 N–H and O–H groups in total. The van der Waals surface area contributed by atoms with E-state index in [1.165, 1.54) is 11.8 Å². The number of nitrogens with zero attached hydrogens (tertiary/aromatic N) is 1. The molecule has 1 aromatic heterocycles. The van der Waals surface area contributed by atoms with E-state index in [0.717, 1.165) is 30.5 Å². The van der Waals surface area contributed by atoms with Crippen molar-refractivity contribution in [3.05, 3.63) is 45.9 Å². The third-order valence-electron chi connectivity index (χ3n) is 4.20. The number of ether oxygens (including phenoxy) is 1. The fourth-order valence-electron chi connectivity index (χ4n) is 2.89. The Morgan fingerprint density at radius 3 is 2.96 bits per heavy atom. The predicted octanol–water partition coefficient (Wildman–Crippen LogP) is 2.78. The molecule has 1 amide bonds. The maximum absolute atomic E-state index is 12.6. The molecule has 2 aromatic rings. The molecule has 25 heavy (non-hydrogen) atoms. The van der Waals surface area contributed by atoms with Crippen LogP contribution >= 0.6 is 11.8 Å². The lowest BCUT2D eigenvalue weighted by Crippen LogP contribution is -2.26. The summed E-state index contributed by atoms with van der Waals surface area (Å²) in [7, 11) is 1.57. The standard InChI is InChI=1S/C18H21N3O3S/c1-3-15(17(23)19-13-8-4-5-10-14(13)24-2)25-18-20-12-9-6-7-11(12)16(22)21-18/h4-5,8,10,15H,3,6-7,9H2,1-2H3,(H,19,23)(H,20,21,22)/t15-/m1/s1. The van der Waals surface area contributed by atoms with Gasteiger partial charge in [-0.25, -0.2) is 4.98 Å². The summed E-state index contributed by atoms with van der Waals surface area (Å²) in [5, 5.41) is 3.05. The molecule has 0 unspecified atom stereocenters. The molecule has 6 nitrogen and oxygen atoms in total. The number of hydrogen-bond acceptors (Lipinski definition) is 5. The number of nitrogens with one attached hydrogen (secondary N) is 2. The second-order valence-corrected chi connectivity index (χ2v) is 7.05. The number of hydrogen-bond donors (Lipinski definition) is 2. The summed E-state index contributed by atoms with van der Waals surface area (Å²) in [6.45, 7) is 1.94. The number of benzene rings is 1. The van der Waals surface area contributed by atoms with Crippen LogP contribution in [-0.4, -0.2) is 28.2 Å². The first-order valence-electron chi connectivity index (χ1n) is 8.35. The van der Waals surface area contributed by atoms with Crippen LogP contribution in [0.3, 0.4) is 0 Å². The number of anilines is 1. The van der Waals surface area contributed by atoms with E-state index in [-0.39, 0.29) is 16.7 Å². The van der Waals surface area contributed by atoms with Gasteiger partial charge in [-0.3, -0.25) is 9.59 Å². The molecule has 0 bridgehead atoms. The SMILES string of the molecule is CC[C@@H](Sc1nc2c(c(=O)[nH]1)CCC2)C(=O)Nc1ccccc1OC. The molecule has 1 aromatic carbocycles. The molecule has 0 saturated carbocycles. The summed E-state index contributed by atoms with van der Waals surface area (Å²) in [5.41, 5.74) is 2.21. The van der Waals surface area contributed by atoms with Crippen LogP contribution in [0.15, 0.2) is 34.2 Å². The van der Waals surface area contributed by atoms with Crippen molar-refractivity contribution in [1.82, 2.24) is 9.97 Å². The Balaban J connectivity index is 1.75. The van der Waals surface area contributed by atoms with Gasteiger partial charge in [0.05, 0.1) is 23.7 Å². The number of aromatic nitrogens is 2. The van der Waals surface area contributed by atoms with E-state index in [2.05, 4.69) is 15.3 Å². The molecule has 132 valence electrons. The van der Waals surface area contributed by atoms with Crippen molar-refractivity contribution in [1.29, 1.82) is 0 Å². The Labute approximate surface area is 150 Å². The van der Waals surface area contributed by atoms with Crippen LogP contribution in [0.2, 0.25) is 0 Å². The van der Waals surface area contributed by atoms with E-state index in [9.17, 15) is 9.59 Å². The first kappa shape index (κ1) is 17.5. The van der Waals surface area contributed by atoms with Crippen LogP contribution in [0, 0.1) is 0 Å². The highest BCUT2D eigenvalue weighted by molar-refractivity contribution is 8.00. The van der Waals surface area contributed by atoms with Gasteiger partial charge in [0, 0.05) is 5.56 Å². The Bertz CT molecular complexity index is 835. The third kappa shape index (κ3) is 3.87. The highest BCUT2D eigenvalue weighted by Crippen LogP contribution is 2.28. The first-order valence-corrected chi connectivity index (χ1v) is 9.23. The van der Waals surface area contributed by atoms with Gasteiger partial charge in [0.25, 0.3) is 5.56 Å². The summed E-state index contributed by atoms with van der Waals surface area (Å²) >= 11 is 1.29. The van der Waals surface area contributed by atoms with E-state index in [0.29, 0.717) is 23.0 Å². The van der Waals surface area contributed by atoms with Gasteiger partial charge in [-0.1, -0.05) is 30.8 Å². The fourth-order valence-corrected chi connectivity index (χ4v) is 3.81. The molecule has 0 aliphatic heterocycles. The van der Waals surface area contributed by atoms with Gasteiger partial charge in [0.2, 0.25) is 5.91 Å². The second-order valence-electron chi connectivity index (χ2n) is 5.85. The Hall–Kier alpha value is -2.28. The van der Waals surface area contributed by atoms with Crippen LogP contribution in [0.4, 0.5) is 5.69 Å². The largest absolute Gasteiger partial charge is 0.495 e. The molecule has 0 spiro atoms. The number of aryl methyl sites for hydroxylation is 1. The van der Waals surface area contributed by atoms with Crippen LogP contribution < -0.4 is 15.6 Å². The monoisotopic (exact) mass is 359 g/mol. The molecule has 3 rings (SSSR count). The maximum Gasteiger partial charge on any atom is 0.254 e. The normalized spacial score (nSPS) is 14.0. The molecule has 1 heterocycles. The van der Waals surface area contributed by atoms with E-state index in [1.54, 1.807) is 19.2 Å². The van der Waals surface area contributed by atoms with Crippen molar-refractivity contribution in [2.45, 2.75) is 43.0 Å². The van der Waals surface area contributed by atoms with E-state index in [1.807, 2.05) is 19.1 Å². The van der Waals surface area contributed by atoms with E-state index < -0.39 is 0 Å². The molecule has 0 fully saturated rings. The number of para-hydroxylation sites is 2. The van der Waals surface area contributed by atoms with Crippen molar-refractivity contribution in [3.8, 4) is 5.75 Å². The first-order chi connectivity index (χ1) is 12.1. The van der Waals surface area contributed by atoms with Crippen molar-refractivity contribution < 1.29 is 9.53 Å². The van der Waals surface area contributed by atoms with Crippen LogP contribution in [-0.2, 0) is 17.6 Å². The third-order valence-corrected chi connectivity index (χ3v) is 5.45. The van der Waals surface area contributed by atoms with Crippen LogP contribution in [0.1, 0.15) is 31.0 Å². The molecule has 1 aliphatic rings. The van der Waals surface area contributed by atoms with Gasteiger partial charge in [-0.15, -0.1) is 0 Å². The number of rotatable bonds is 6. The van der Waals surface area contributed by atoms with Gasteiger partial charge in [0.1, 0.15) is 5.75 Å². The van der Waals surface area contributed by atoms with Gasteiger partial charge in [0.15, 0.2) is 5.16 Å². The molecule has 7 heteroatoms. The predicted molar refractivity (Wildman–Crippen MR) is 98.4 cm³/mol. The van der Waals surface area contributed by atoms with Crippen LogP contribution in [0.5, 0.6) is 5.75 Å². The van der Waals surface area contributed by atoms with Crippen molar-refractivity contribution in [3.63, 3.8) is 0 Å². The smallest absolute Gasteiger partial charge is 0.254 e. The number of carbonyl (C=O) groups excluding carboxylic acids is 1. The lowest BCUT2D eigenvalue weighted by Gasteiger charge is -2.16. The quantitative estimate of drug-likeness (QED) is 0.612. The number of carbonyl (C=O) groups is 1. The van der Waals surface area contributed by atoms with Gasteiger partial charge < -0.3 is 15.0 Å². The number of fused-ring (bicyclic) bond motifs is 1. The topological polar surface area (TPSA) is 84.1 Å². The number of aromatic amines is 1. The molecule has 1 atom stereocenters. The number of amides is 1. The Morgan fingerprint density at radius 1 is 1.40 bits per heavy atom. The lowest BCUT2D eigenvalue weighted by atomic mass is 10.2. The zero-order valence-electron chi connectivity index (χ0n) is 14.3. The fraction of sp³-hybridized carbons (Fsp3) is 0.389. The van der Waals surface area contributed by atoms with Gasteiger partial charge in [-0.05, 0) is 37.8 Å². The Kier molecular flexibility index (Phi) is 5.43. The number of methoxy groups -OCH3 is 1. The molecular weight excluding hydrogens is 338 g/mol. The highest BCUT2D eigenvalue weighted by Gasteiger charge is 2.23. The summed E-state index contributed by atoms with van der Waals surface area (Å²) in [5.74, 6) is 0.472. The zero-order chi connectivity index (χ0) is 17.8. The average Bonchev–Trinajstić information content (AvgIpc) is 3.09. The van der Waals surface area contributed by atoms with Crippen molar-refractivity contribution in [2.24, 2.45) is 0 Å². The zero-order valence-corrected chi connectivity index (χ0v) is 15.1. The summed E-state index contributed by atoms with van der Waals surface area (Å²) < 4.78 is 5.26. The van der Waals surface area contributed by atoms with Gasteiger partial charge in [-0.2, -0.15) is 0 Å². The Morgan fingerprint density at radius 2 is 2.20 bits per heavy atom. The van der Waals surface area contributed by atoms with E-state index >= 15 is 0 Å². The highest BCUT2D eigenvalue weighted by atomic mass is 32.2. The summed E-state index contributed by atoms with van der Waals surface area (Å²) in [6.07, 6.45) is 3.20. The molecule has 0 saturated heterocycles. The average molecular weight is 359 g/mol. The van der Waals surface area contributed by atoms with Crippen molar-refractivity contribution >= 4 is 23.4 Å². The molecule has 1 aliphatic carbocycles. The summed E-state index contributed by atoms with van der Waals surface area (Å²) in [6, 6.07) is 7.28. The maximum atomic E-state index is 12.6. The lowest BCUT2D eigenvalue weighted by molar-refractivity contribution is -0.115. The van der Waals surface area contributed by atoms with Crippen molar-refractivity contribution in [2.75, 3.05) is 12.4 Å². The molecular formula is C18H21N3O3S. The number of thioether (sulfide) groups is 1. The second kappa shape index (κ2) is 7.74. The van der Waals surface area contributed by atoms with Gasteiger partial charge >= 0.3 is 0 Å².